The Morgan fingerprint density at radius 3 is 2.76 bits per heavy atom. The number of fused-ring (bicyclic) bond motifs is 1. The third-order valence-electron chi connectivity index (χ3n) is 4.42. The fraction of sp³-hybridized carbons (Fsp3) is 0.444. The Labute approximate surface area is 145 Å². The molecular formula is C18H21NO6. The Morgan fingerprint density at radius 2 is 2.04 bits per heavy atom. The quantitative estimate of drug-likeness (QED) is 0.839. The number of para-hydroxylation sites is 2. The smallest absolute Gasteiger partial charge is 0.243 e. The van der Waals surface area contributed by atoms with E-state index < -0.39 is 5.91 Å². The molecule has 0 spiro atoms. The number of nitrogens with two attached hydrogens (primary N) is 1. The first-order chi connectivity index (χ1) is 12.1. The van der Waals surface area contributed by atoms with E-state index in [4.69, 9.17) is 24.7 Å². The van der Waals surface area contributed by atoms with E-state index in [1.807, 2.05) is 6.07 Å². The lowest BCUT2D eigenvalue weighted by molar-refractivity contribution is -0.137. The highest BCUT2D eigenvalue weighted by Crippen LogP contribution is 2.36. The van der Waals surface area contributed by atoms with Crippen molar-refractivity contribution in [2.75, 3.05) is 13.7 Å². The summed E-state index contributed by atoms with van der Waals surface area (Å²) in [6, 6.07) is 7.11. The zero-order valence-electron chi connectivity index (χ0n) is 14.0. The number of hydrogen-bond donors (Lipinski definition) is 1. The molecule has 1 fully saturated rings. The van der Waals surface area contributed by atoms with Crippen LogP contribution in [0.15, 0.2) is 36.3 Å². The molecule has 3 unspecified atom stereocenters. The van der Waals surface area contributed by atoms with Gasteiger partial charge in [-0.2, -0.15) is 0 Å². The van der Waals surface area contributed by atoms with E-state index in [1.165, 1.54) is 6.26 Å². The number of carbonyl (C=O) groups excluding carboxylic acids is 2. The molecule has 1 aliphatic heterocycles. The van der Waals surface area contributed by atoms with Crippen molar-refractivity contribution >= 4 is 11.7 Å². The molecule has 134 valence electrons. The summed E-state index contributed by atoms with van der Waals surface area (Å²) in [5, 5.41) is 0. The molecule has 0 radical (unpaired) electrons. The number of Topliss-reactive ketones (excluding diaryl/α,β-unsaturated/α-hetero) is 1. The molecule has 2 aliphatic rings. The maximum Gasteiger partial charge on any atom is 0.243 e. The van der Waals surface area contributed by atoms with Gasteiger partial charge in [-0.3, -0.25) is 9.59 Å². The number of amides is 1. The van der Waals surface area contributed by atoms with Gasteiger partial charge in [0.25, 0.3) is 0 Å². The number of primary amides is 1. The van der Waals surface area contributed by atoms with Crippen LogP contribution in [0.25, 0.3) is 0 Å². The lowest BCUT2D eigenvalue weighted by Gasteiger charge is -2.37. The molecule has 1 heterocycles. The van der Waals surface area contributed by atoms with Crippen molar-refractivity contribution in [3.8, 4) is 11.5 Å². The van der Waals surface area contributed by atoms with Gasteiger partial charge in [0.2, 0.25) is 17.4 Å². The number of hydrogen-bond acceptors (Lipinski definition) is 6. The highest BCUT2D eigenvalue weighted by Gasteiger charge is 2.41. The lowest BCUT2D eigenvalue weighted by atomic mass is 9.80. The summed E-state index contributed by atoms with van der Waals surface area (Å²) in [5.41, 5.74) is 5.09. The summed E-state index contributed by atoms with van der Waals surface area (Å²) in [6.45, 7) is -0.117. The van der Waals surface area contributed by atoms with Crippen LogP contribution in [0.5, 0.6) is 11.5 Å². The van der Waals surface area contributed by atoms with E-state index in [2.05, 4.69) is 0 Å². The van der Waals surface area contributed by atoms with Gasteiger partial charge >= 0.3 is 0 Å². The summed E-state index contributed by atoms with van der Waals surface area (Å²) in [6.07, 6.45) is 2.77. The fourth-order valence-electron chi connectivity index (χ4n) is 3.18. The molecule has 25 heavy (non-hydrogen) atoms. The third kappa shape index (κ3) is 3.93. The van der Waals surface area contributed by atoms with Crippen LogP contribution in [-0.4, -0.2) is 37.6 Å². The largest absolute Gasteiger partial charge is 0.493 e. The predicted molar refractivity (Wildman–Crippen MR) is 87.9 cm³/mol. The van der Waals surface area contributed by atoms with Crippen LogP contribution in [-0.2, 0) is 19.1 Å². The number of ether oxygens (including phenoxy) is 4. The summed E-state index contributed by atoms with van der Waals surface area (Å²) >= 11 is 0. The summed E-state index contributed by atoms with van der Waals surface area (Å²) < 4.78 is 22.1. The van der Waals surface area contributed by atoms with Crippen LogP contribution in [0.4, 0.5) is 0 Å². The van der Waals surface area contributed by atoms with Gasteiger partial charge < -0.3 is 24.7 Å². The summed E-state index contributed by atoms with van der Waals surface area (Å²) in [4.78, 5) is 23.5. The number of allylic oxidation sites excluding steroid dienone is 1. The van der Waals surface area contributed by atoms with E-state index in [1.54, 1.807) is 25.3 Å². The molecule has 1 saturated carbocycles. The molecule has 1 aromatic rings. The minimum atomic E-state index is -0.504. The first kappa shape index (κ1) is 17.3. The predicted octanol–water partition coefficient (Wildman–Crippen LogP) is 1.55. The zero-order chi connectivity index (χ0) is 17.8. The monoisotopic (exact) mass is 347 g/mol. The number of ketones is 1. The van der Waals surface area contributed by atoms with Crippen LogP contribution in [0, 0.1) is 5.92 Å². The topological polar surface area (TPSA) is 97.1 Å². The van der Waals surface area contributed by atoms with Crippen molar-refractivity contribution in [3.05, 3.63) is 36.3 Å². The molecule has 3 atom stereocenters. The first-order valence-corrected chi connectivity index (χ1v) is 8.19. The molecule has 0 bridgehead atoms. The second-order valence-electron chi connectivity index (χ2n) is 6.09. The lowest BCUT2D eigenvalue weighted by Crippen LogP contribution is -2.43. The van der Waals surface area contributed by atoms with Gasteiger partial charge in [0.05, 0.1) is 19.1 Å². The van der Waals surface area contributed by atoms with Crippen molar-refractivity contribution < 1.29 is 28.5 Å². The van der Waals surface area contributed by atoms with E-state index in [9.17, 15) is 9.59 Å². The Kier molecular flexibility index (Phi) is 5.23. The molecule has 1 amide bonds. The molecule has 2 N–H and O–H groups in total. The van der Waals surface area contributed by atoms with Gasteiger partial charge in [-0.05, 0) is 25.0 Å². The van der Waals surface area contributed by atoms with Crippen molar-refractivity contribution in [1.29, 1.82) is 0 Å². The van der Waals surface area contributed by atoms with Crippen LogP contribution in [0.3, 0.4) is 0 Å². The van der Waals surface area contributed by atoms with E-state index >= 15 is 0 Å². The molecule has 7 nitrogen and oxygen atoms in total. The maximum atomic E-state index is 12.7. The molecule has 1 aromatic carbocycles. The highest BCUT2D eigenvalue weighted by atomic mass is 16.5. The maximum absolute atomic E-state index is 12.7. The number of benzene rings is 1. The van der Waals surface area contributed by atoms with Crippen LogP contribution >= 0.6 is 0 Å². The Morgan fingerprint density at radius 1 is 1.28 bits per heavy atom. The van der Waals surface area contributed by atoms with Gasteiger partial charge in [-0.25, -0.2) is 0 Å². The van der Waals surface area contributed by atoms with Crippen molar-refractivity contribution in [1.82, 2.24) is 0 Å². The third-order valence-corrected chi connectivity index (χ3v) is 4.42. The molecule has 0 saturated heterocycles. The highest BCUT2D eigenvalue weighted by molar-refractivity contribution is 5.96. The van der Waals surface area contributed by atoms with Crippen LogP contribution in [0.2, 0.25) is 0 Å². The van der Waals surface area contributed by atoms with Gasteiger partial charge in [-0.1, -0.05) is 12.1 Å². The van der Waals surface area contributed by atoms with Crippen molar-refractivity contribution in [2.24, 2.45) is 11.7 Å². The van der Waals surface area contributed by atoms with Crippen LogP contribution in [0.1, 0.15) is 19.3 Å². The average molecular weight is 347 g/mol. The molecular weight excluding hydrogens is 326 g/mol. The molecule has 7 heteroatoms. The normalized spacial score (nSPS) is 25.4. The fourth-order valence-corrected chi connectivity index (χ4v) is 3.18. The van der Waals surface area contributed by atoms with Gasteiger partial charge in [0, 0.05) is 6.42 Å². The first-order valence-electron chi connectivity index (χ1n) is 8.19. The number of methoxy groups -OCH3 is 1. The second kappa shape index (κ2) is 7.57. The minimum absolute atomic E-state index is 0.0875. The summed E-state index contributed by atoms with van der Waals surface area (Å²) in [5.74, 6) is 0.308. The molecule has 1 aliphatic carbocycles. The van der Waals surface area contributed by atoms with E-state index in [0.29, 0.717) is 30.8 Å². The van der Waals surface area contributed by atoms with Gasteiger partial charge in [-0.15, -0.1) is 0 Å². The van der Waals surface area contributed by atoms with Gasteiger partial charge in [0.15, 0.2) is 11.5 Å². The second-order valence-corrected chi connectivity index (χ2v) is 6.09. The standard InChI is InChI=1S/C18H21NO6/c1-22-13-4-2-3-5-14(13)25-16-9-24-15-8-11(23-10-17(19)20)6-7-12(15)18(16)21/h2-5,9,11-12,15H,6-8,10H2,1H3,(H2,19,20). The van der Waals surface area contributed by atoms with Crippen molar-refractivity contribution in [3.63, 3.8) is 0 Å². The average Bonchev–Trinajstić information content (AvgIpc) is 2.62. The SMILES string of the molecule is COc1ccccc1OC1=COC2CC(OCC(N)=O)CCC2C1=O. The zero-order valence-corrected chi connectivity index (χ0v) is 14.0. The Hall–Kier alpha value is -2.54. The Bertz CT molecular complexity index is 686. The van der Waals surface area contributed by atoms with Gasteiger partial charge in [0.1, 0.15) is 19.0 Å². The number of carbonyl (C=O) groups is 2. The summed E-state index contributed by atoms with van der Waals surface area (Å²) in [7, 11) is 1.54. The molecule has 3 rings (SSSR count). The minimum Gasteiger partial charge on any atom is -0.493 e. The van der Waals surface area contributed by atoms with Crippen molar-refractivity contribution in [2.45, 2.75) is 31.5 Å². The van der Waals surface area contributed by atoms with E-state index in [-0.39, 0.29) is 36.3 Å². The Balaban J connectivity index is 1.66. The number of rotatable bonds is 6. The van der Waals surface area contributed by atoms with Crippen LogP contribution < -0.4 is 15.2 Å². The molecule has 0 aromatic heterocycles. The van der Waals surface area contributed by atoms with E-state index in [0.717, 1.165) is 0 Å².